The predicted molar refractivity (Wildman–Crippen MR) is 466 cm³/mol. The summed E-state index contributed by atoms with van der Waals surface area (Å²) in [5.41, 5.74) is 11.2. The number of aromatic amines is 3. The Morgan fingerprint density at radius 2 is 0.867 bits per heavy atom. The molecule has 3 aliphatic heterocycles. The molecule has 0 bridgehead atoms. The number of H-pyrrole nitrogens is 3. The normalized spacial score (nSPS) is 19.1. The van der Waals surface area contributed by atoms with Crippen molar-refractivity contribution in [1.82, 2.24) is 60.8 Å². The molecule has 9 aromatic rings. The van der Waals surface area contributed by atoms with Crippen LogP contribution >= 0.6 is 15.9 Å². The van der Waals surface area contributed by atoms with Gasteiger partial charge in [-0.2, -0.15) is 0 Å². The van der Waals surface area contributed by atoms with Crippen LogP contribution in [0.4, 0.5) is 8.78 Å². The molecule has 3 saturated carbocycles. The molecule has 120 heavy (non-hydrogen) atoms. The lowest BCUT2D eigenvalue weighted by molar-refractivity contribution is -0.121. The lowest BCUT2D eigenvalue weighted by atomic mass is 9.70. The number of nitrogens with one attached hydrogen (secondary N) is 6. The van der Waals surface area contributed by atoms with E-state index >= 15 is 0 Å². The van der Waals surface area contributed by atoms with E-state index in [1.807, 2.05) is 36.8 Å². The van der Waals surface area contributed by atoms with E-state index in [-0.39, 0.29) is 86.2 Å². The van der Waals surface area contributed by atoms with Gasteiger partial charge in [0.05, 0.1) is 52.8 Å². The average Bonchev–Trinajstić information content (AvgIpc) is 0.768. The highest BCUT2D eigenvalue weighted by Gasteiger charge is 2.49. The van der Waals surface area contributed by atoms with Gasteiger partial charge >= 0.3 is 0 Å². The Morgan fingerprint density at radius 3 is 1.19 bits per heavy atom. The molecule has 3 fully saturated rings. The number of hydrogen-bond acceptors (Lipinski definition) is 15. The fourth-order valence-corrected chi connectivity index (χ4v) is 18.6. The SMILES string of the molecule is CC(=O)N[C@@H](Cc1ccc(F)c(-c2ncc[nH]2)c1)[C@H](O)CC[C@H]1CC2(CCC2)Oc2ncc(CC(C)(C)C)cc21.CC(=O)N[C@@H](Cc1ccc(F)c(Br)c1)[C@H](O)CC[C@H]1CC2(CCC2)Oc2ncc(CC(C)(C)C)cc21.CC(=O)N[C@@H](Cc1cccc(-c2ncc[nH]2)c1)[C@H](O)CC[C@H]1CC2(CCC2)Oc2ncc(CC(C)(C)C)cc21.c1c[nH]cn1. The number of fused-ring (bicyclic) bond motifs is 3. The zero-order chi connectivity index (χ0) is 85.7. The minimum atomic E-state index is -0.768. The third kappa shape index (κ3) is 25.0. The summed E-state index contributed by atoms with van der Waals surface area (Å²) >= 11 is 3.23. The molecule has 0 saturated heterocycles. The van der Waals surface area contributed by atoms with E-state index in [0.29, 0.717) is 54.4 Å². The molecule has 6 aromatic heterocycles. The first-order chi connectivity index (χ1) is 57.0. The molecule has 24 heteroatoms. The number of aromatic nitrogens is 9. The fraction of sp³-hybridized carbons (Fsp3) is 0.531. The molecule has 9 atom stereocenters. The van der Waals surface area contributed by atoms with Gasteiger partial charge in [-0.3, -0.25) is 14.4 Å². The van der Waals surface area contributed by atoms with E-state index in [2.05, 4.69) is 148 Å². The van der Waals surface area contributed by atoms with E-state index < -0.39 is 30.4 Å². The second-order valence-corrected chi connectivity index (χ2v) is 39.3. The number of carbonyl (C=O) groups is 3. The highest BCUT2D eigenvalue weighted by Crippen LogP contribution is 2.54. The lowest BCUT2D eigenvalue weighted by Gasteiger charge is -2.47. The Bertz CT molecular complexity index is 4840. The summed E-state index contributed by atoms with van der Waals surface area (Å²) in [6.45, 7) is 24.5. The van der Waals surface area contributed by atoms with Gasteiger partial charge in [0.25, 0.3) is 0 Å². The molecular formula is C96H125BrF2N12O9. The second kappa shape index (κ2) is 39.3. The highest BCUT2D eigenvalue weighted by molar-refractivity contribution is 9.10. The topological polar surface area (TPSA) is 300 Å². The maximum Gasteiger partial charge on any atom is 0.217 e. The second-order valence-electron chi connectivity index (χ2n) is 38.4. The minimum Gasteiger partial charge on any atom is -0.471 e. The van der Waals surface area contributed by atoms with Gasteiger partial charge in [-0.1, -0.05) is 92.6 Å². The summed E-state index contributed by atoms with van der Waals surface area (Å²) < 4.78 is 47.9. The number of nitrogens with zero attached hydrogens (tertiary/aromatic N) is 6. The monoisotopic (exact) mass is 1710 g/mol. The molecule has 15 rings (SSSR count). The summed E-state index contributed by atoms with van der Waals surface area (Å²) in [4.78, 5) is 71.3. The van der Waals surface area contributed by atoms with E-state index in [1.54, 1.807) is 67.8 Å². The van der Waals surface area contributed by atoms with Crippen LogP contribution in [0.1, 0.15) is 266 Å². The van der Waals surface area contributed by atoms with Crippen molar-refractivity contribution in [3.8, 4) is 40.4 Å². The summed E-state index contributed by atoms with van der Waals surface area (Å²) in [6.07, 6.45) is 36.3. The molecule has 0 radical (unpaired) electrons. The number of amides is 3. The van der Waals surface area contributed by atoms with Gasteiger partial charge in [-0.15, -0.1) is 0 Å². The Balaban J connectivity index is 0.000000160. The van der Waals surface area contributed by atoms with Crippen molar-refractivity contribution < 1.29 is 52.7 Å². The molecule has 3 aliphatic carbocycles. The van der Waals surface area contributed by atoms with Crippen LogP contribution < -0.4 is 30.2 Å². The fourth-order valence-electron chi connectivity index (χ4n) is 18.2. The Kier molecular flexibility index (Phi) is 29.5. The van der Waals surface area contributed by atoms with Crippen molar-refractivity contribution in [2.45, 2.75) is 308 Å². The number of rotatable bonds is 26. The summed E-state index contributed by atoms with van der Waals surface area (Å²) in [5.74, 6) is 2.98. The third-order valence-electron chi connectivity index (χ3n) is 24.1. The standard InChI is InChI=1S/C32H41FN4O3.C32H42N4O3.C29H38BrFN2O3.C3H4N2/c1-20(38)37-27(16-21-6-8-26(33)25(14-21)29-34-12-13-35-29)28(39)9-7-23-18-32(10-5-11-32)40-30-24(23)15-22(19-36-30)17-31(2,3)4;1-21(37)36-27(17-22-7-5-8-24(15-22)29-33-13-14-34-29)28(38)10-9-25-19-32(11-6-12-32)39-30-26(25)16-23(20-35-30)18-31(2,3)4;1-18(34)33-25(14-19-6-8-24(31)23(30)13-19)26(35)9-7-21-16-29(10-5-11-29)36-27-22(21)12-20(17-32-27)15-28(2,3)4;1-2-5-3-4-1/h6,8,12-15,19,23,27-28,39H,5,7,9-11,16-18H2,1-4H3,(H,34,35)(H,37,38);5,7-8,13-16,20,25,27-28,38H,6,9-12,17-19H2,1-4H3,(H,33,34)(H,36,37);6,8,12-13,17,21,25-26,35H,5,7,9-11,14-16H2,1-4H3,(H,33,34);1-3H,(H,4,5)/t23-,27-,28+;25-,27-,28+;21-,25-,26+;/m000./s1. The van der Waals surface area contributed by atoms with Gasteiger partial charge in [0, 0.05) is 98.8 Å². The lowest BCUT2D eigenvalue weighted by Crippen LogP contribution is -2.47. The van der Waals surface area contributed by atoms with Crippen molar-refractivity contribution in [3.63, 3.8) is 0 Å². The number of imidazole rings is 3. The molecule has 0 unspecified atom stereocenters. The Labute approximate surface area is 715 Å². The minimum absolute atomic E-state index is 0.107. The first-order valence-corrected chi connectivity index (χ1v) is 43.9. The Morgan fingerprint density at radius 1 is 0.483 bits per heavy atom. The van der Waals surface area contributed by atoms with Crippen molar-refractivity contribution >= 4 is 33.7 Å². The molecular weight excluding hydrogens is 1580 g/mol. The molecule has 3 amide bonds. The number of hydrogen-bond donors (Lipinski definition) is 9. The molecule has 21 nitrogen and oxygen atoms in total. The zero-order valence-corrected chi connectivity index (χ0v) is 73.6. The number of carbonyl (C=O) groups excluding carboxylic acids is 3. The van der Waals surface area contributed by atoms with Crippen molar-refractivity contribution in [2.75, 3.05) is 0 Å². The Hall–Kier alpha value is -9.23. The van der Waals surface area contributed by atoms with Gasteiger partial charge in [0.1, 0.15) is 40.1 Å². The van der Waals surface area contributed by atoms with Gasteiger partial charge in [0.15, 0.2) is 0 Å². The van der Waals surface area contributed by atoms with E-state index in [0.717, 1.165) is 160 Å². The molecule has 6 aliphatic rings. The summed E-state index contributed by atoms with van der Waals surface area (Å²) in [7, 11) is 0. The predicted octanol–water partition coefficient (Wildman–Crippen LogP) is 18.3. The molecule has 3 spiro atoms. The van der Waals surface area contributed by atoms with Gasteiger partial charge in [-0.25, -0.2) is 38.7 Å². The van der Waals surface area contributed by atoms with Crippen LogP contribution in [0, 0.1) is 27.9 Å². The number of benzene rings is 3. The van der Waals surface area contributed by atoms with Crippen molar-refractivity contribution in [1.29, 1.82) is 0 Å². The number of pyridine rings is 3. The van der Waals surface area contributed by atoms with Crippen molar-refractivity contribution in [2.24, 2.45) is 16.2 Å². The van der Waals surface area contributed by atoms with Gasteiger partial charge in [0.2, 0.25) is 35.4 Å². The molecule has 644 valence electrons. The zero-order valence-electron chi connectivity index (χ0n) is 72.1. The quantitative estimate of drug-likeness (QED) is 0.0243. The van der Waals surface area contributed by atoms with E-state index in [9.17, 15) is 38.5 Å². The smallest absolute Gasteiger partial charge is 0.217 e. The van der Waals surface area contributed by atoms with E-state index in [1.165, 1.54) is 68.0 Å². The maximum atomic E-state index is 14.5. The molecule has 9 N–H and O–H groups in total. The maximum absolute atomic E-state index is 14.5. The molecule has 9 heterocycles. The third-order valence-corrected chi connectivity index (χ3v) is 24.8. The van der Waals surface area contributed by atoms with Crippen LogP contribution in [-0.2, 0) is 52.9 Å². The van der Waals surface area contributed by atoms with Crippen LogP contribution in [-0.4, -0.2) is 131 Å². The van der Waals surface area contributed by atoms with Crippen LogP contribution in [0.2, 0.25) is 0 Å². The van der Waals surface area contributed by atoms with Crippen LogP contribution in [0.25, 0.3) is 22.8 Å². The van der Waals surface area contributed by atoms with Gasteiger partial charge in [-0.05, 0) is 286 Å². The summed E-state index contributed by atoms with van der Waals surface area (Å²) in [5, 5.41) is 42.8. The summed E-state index contributed by atoms with van der Waals surface area (Å²) in [6, 6.07) is 23.2. The largest absolute Gasteiger partial charge is 0.471 e. The molecule has 3 aromatic carbocycles. The average molecular weight is 1710 g/mol. The highest BCUT2D eigenvalue weighted by atomic mass is 79.9. The van der Waals surface area contributed by atoms with Crippen LogP contribution in [0.15, 0.2) is 145 Å². The number of aliphatic hydroxyl groups is 3. The number of aliphatic hydroxyl groups excluding tert-OH is 3. The number of ether oxygens (including phenoxy) is 3. The van der Waals surface area contributed by atoms with Crippen molar-refractivity contribution in [3.05, 3.63) is 207 Å². The first-order valence-electron chi connectivity index (χ1n) is 43.1. The number of halogens is 3. The van der Waals surface area contributed by atoms with Gasteiger partial charge < -0.3 is 60.4 Å². The van der Waals surface area contributed by atoms with Crippen LogP contribution in [0.5, 0.6) is 17.6 Å². The van der Waals surface area contributed by atoms with E-state index in [4.69, 9.17) is 29.2 Å². The van der Waals surface area contributed by atoms with Crippen LogP contribution in [0.3, 0.4) is 0 Å². The first kappa shape index (κ1) is 90.0.